The Kier molecular flexibility index (Phi) is 5.23. The van der Waals surface area contributed by atoms with Gasteiger partial charge in [0.2, 0.25) is 0 Å². The first-order chi connectivity index (χ1) is 6.22. The minimum absolute atomic E-state index is 0.530. The highest BCUT2D eigenvalue weighted by molar-refractivity contribution is 14.1. The zero-order valence-corrected chi connectivity index (χ0v) is 10.9. The summed E-state index contributed by atoms with van der Waals surface area (Å²) >= 11 is 4.15. The molecule has 0 aliphatic carbocycles. The molecular weight excluding hydrogens is 295 g/mol. The van der Waals surface area contributed by atoms with Gasteiger partial charge >= 0.3 is 0 Å². The van der Waals surface area contributed by atoms with E-state index in [1.807, 2.05) is 7.05 Å². The van der Waals surface area contributed by atoms with Gasteiger partial charge in [-0.3, -0.25) is 0 Å². The van der Waals surface area contributed by atoms with Crippen molar-refractivity contribution in [1.29, 1.82) is 0 Å². The smallest absolute Gasteiger partial charge is 0.0656 e. The molecule has 0 bridgehead atoms. The Morgan fingerprint density at radius 2 is 2.38 bits per heavy atom. The number of hydrogen-bond acceptors (Lipinski definition) is 3. The topological polar surface area (TPSA) is 24.1 Å². The number of nitrogens with one attached hydrogen (secondary N) is 2. The first-order valence-electron chi connectivity index (χ1n) is 4.33. The van der Waals surface area contributed by atoms with Crippen LogP contribution in [0.3, 0.4) is 0 Å². The average Bonchev–Trinajstić information content (AvgIpc) is 2.49. The summed E-state index contributed by atoms with van der Waals surface area (Å²) in [4.78, 5) is 0. The second-order valence-electron chi connectivity index (χ2n) is 3.10. The van der Waals surface area contributed by atoms with Crippen LogP contribution in [-0.2, 0) is 6.54 Å². The van der Waals surface area contributed by atoms with Crippen LogP contribution >= 0.6 is 33.9 Å². The van der Waals surface area contributed by atoms with Crippen LogP contribution in [0, 0.1) is 2.88 Å². The maximum absolute atomic E-state index is 3.45. The number of halogens is 1. The molecule has 1 unspecified atom stereocenters. The number of likely N-dealkylation sites (N-methyl/N-ethyl adjacent to an activating group) is 1. The third kappa shape index (κ3) is 4.39. The van der Waals surface area contributed by atoms with Gasteiger partial charge in [0.25, 0.3) is 0 Å². The van der Waals surface area contributed by atoms with Crippen molar-refractivity contribution in [3.8, 4) is 0 Å². The molecule has 0 fully saturated rings. The Morgan fingerprint density at radius 1 is 1.62 bits per heavy atom. The fourth-order valence-corrected chi connectivity index (χ4v) is 2.53. The van der Waals surface area contributed by atoms with E-state index in [2.05, 4.69) is 51.6 Å². The summed E-state index contributed by atoms with van der Waals surface area (Å²) in [7, 11) is 1.98. The quantitative estimate of drug-likeness (QED) is 0.814. The maximum Gasteiger partial charge on any atom is 0.0656 e. The summed E-state index contributed by atoms with van der Waals surface area (Å²) < 4.78 is 1.36. The third-order valence-electron chi connectivity index (χ3n) is 1.79. The van der Waals surface area contributed by atoms with Gasteiger partial charge in [0, 0.05) is 19.1 Å². The molecule has 0 aliphatic heterocycles. The van der Waals surface area contributed by atoms with E-state index in [9.17, 15) is 0 Å². The van der Waals surface area contributed by atoms with E-state index in [1.165, 1.54) is 8.45 Å². The highest BCUT2D eigenvalue weighted by Crippen LogP contribution is 2.16. The standard InChI is InChI=1S/C9H15IN2S/c1-7(4-11-2)12-5-8-3-9(10)13-6-8/h3,6-7,11-12H,4-5H2,1-2H3. The Bertz CT molecular complexity index is 250. The normalized spacial score (nSPS) is 13.2. The Morgan fingerprint density at radius 3 is 2.92 bits per heavy atom. The number of thiophene rings is 1. The summed E-state index contributed by atoms with van der Waals surface area (Å²) in [5.41, 5.74) is 1.39. The molecule has 1 aromatic rings. The van der Waals surface area contributed by atoms with Crippen molar-refractivity contribution in [1.82, 2.24) is 10.6 Å². The molecule has 2 N–H and O–H groups in total. The fraction of sp³-hybridized carbons (Fsp3) is 0.556. The minimum Gasteiger partial charge on any atom is -0.318 e. The SMILES string of the molecule is CNCC(C)NCc1csc(I)c1. The summed E-state index contributed by atoms with van der Waals surface area (Å²) in [6.45, 7) is 4.18. The van der Waals surface area contributed by atoms with Gasteiger partial charge in [-0.2, -0.15) is 0 Å². The monoisotopic (exact) mass is 310 g/mol. The van der Waals surface area contributed by atoms with Crippen LogP contribution in [0.5, 0.6) is 0 Å². The molecule has 0 radical (unpaired) electrons. The van der Waals surface area contributed by atoms with Crippen LogP contribution in [0.2, 0.25) is 0 Å². The van der Waals surface area contributed by atoms with Crippen molar-refractivity contribution in [2.75, 3.05) is 13.6 Å². The van der Waals surface area contributed by atoms with E-state index in [1.54, 1.807) is 11.3 Å². The van der Waals surface area contributed by atoms with Gasteiger partial charge in [-0.25, -0.2) is 0 Å². The van der Waals surface area contributed by atoms with E-state index in [-0.39, 0.29) is 0 Å². The van der Waals surface area contributed by atoms with E-state index >= 15 is 0 Å². The first-order valence-corrected chi connectivity index (χ1v) is 6.29. The second-order valence-corrected chi connectivity index (χ2v) is 5.90. The molecule has 1 aromatic heterocycles. The largest absolute Gasteiger partial charge is 0.318 e. The molecule has 0 aliphatic rings. The highest BCUT2D eigenvalue weighted by atomic mass is 127. The lowest BCUT2D eigenvalue weighted by Crippen LogP contribution is -2.34. The lowest BCUT2D eigenvalue weighted by atomic mass is 10.3. The molecule has 13 heavy (non-hydrogen) atoms. The van der Waals surface area contributed by atoms with E-state index in [0.717, 1.165) is 13.1 Å². The van der Waals surface area contributed by atoms with Gasteiger partial charge in [-0.15, -0.1) is 11.3 Å². The van der Waals surface area contributed by atoms with Gasteiger partial charge in [0.15, 0.2) is 0 Å². The highest BCUT2D eigenvalue weighted by Gasteiger charge is 2.00. The van der Waals surface area contributed by atoms with Gasteiger partial charge in [0.1, 0.15) is 0 Å². The van der Waals surface area contributed by atoms with E-state index in [4.69, 9.17) is 0 Å². The van der Waals surface area contributed by atoms with Gasteiger partial charge < -0.3 is 10.6 Å². The zero-order chi connectivity index (χ0) is 9.68. The van der Waals surface area contributed by atoms with Crippen LogP contribution in [0.4, 0.5) is 0 Å². The van der Waals surface area contributed by atoms with Crippen LogP contribution in [0.25, 0.3) is 0 Å². The first kappa shape index (κ1) is 11.4. The molecule has 1 atom stereocenters. The molecule has 0 spiro atoms. The predicted molar refractivity (Wildman–Crippen MR) is 67.3 cm³/mol. The molecule has 0 aromatic carbocycles. The molecule has 1 heterocycles. The molecule has 1 rings (SSSR count). The van der Waals surface area contributed by atoms with Gasteiger partial charge in [-0.1, -0.05) is 0 Å². The van der Waals surface area contributed by atoms with Crippen LogP contribution in [-0.4, -0.2) is 19.6 Å². The molecule has 74 valence electrons. The van der Waals surface area contributed by atoms with Crippen molar-refractivity contribution >= 4 is 33.9 Å². The summed E-state index contributed by atoms with van der Waals surface area (Å²) in [6.07, 6.45) is 0. The van der Waals surface area contributed by atoms with Crippen molar-refractivity contribution in [3.63, 3.8) is 0 Å². The van der Waals surface area contributed by atoms with Gasteiger partial charge in [-0.05, 0) is 53.6 Å². The van der Waals surface area contributed by atoms with Crippen LogP contribution in [0.1, 0.15) is 12.5 Å². The summed E-state index contributed by atoms with van der Waals surface area (Å²) in [5, 5.41) is 8.81. The van der Waals surface area contributed by atoms with Crippen LogP contribution in [0.15, 0.2) is 11.4 Å². The maximum atomic E-state index is 3.45. The fourth-order valence-electron chi connectivity index (χ4n) is 1.11. The van der Waals surface area contributed by atoms with Crippen molar-refractivity contribution < 1.29 is 0 Å². The average molecular weight is 310 g/mol. The molecule has 0 amide bonds. The predicted octanol–water partition coefficient (Wildman–Crippen LogP) is 2.05. The molecule has 4 heteroatoms. The lowest BCUT2D eigenvalue weighted by Gasteiger charge is -2.11. The van der Waals surface area contributed by atoms with Crippen molar-refractivity contribution in [2.24, 2.45) is 0 Å². The second kappa shape index (κ2) is 5.95. The Hall–Kier alpha value is 0.350. The van der Waals surface area contributed by atoms with Crippen molar-refractivity contribution in [2.45, 2.75) is 19.5 Å². The van der Waals surface area contributed by atoms with Crippen LogP contribution < -0.4 is 10.6 Å². The van der Waals surface area contributed by atoms with Gasteiger partial charge in [0.05, 0.1) is 2.88 Å². The number of rotatable bonds is 5. The number of hydrogen-bond donors (Lipinski definition) is 2. The molecule has 0 saturated heterocycles. The summed E-state index contributed by atoms with van der Waals surface area (Å²) in [5.74, 6) is 0. The zero-order valence-electron chi connectivity index (χ0n) is 7.93. The molecule has 2 nitrogen and oxygen atoms in total. The van der Waals surface area contributed by atoms with E-state index < -0.39 is 0 Å². The minimum atomic E-state index is 0.530. The third-order valence-corrected chi connectivity index (χ3v) is 3.62. The van der Waals surface area contributed by atoms with Crippen molar-refractivity contribution in [3.05, 3.63) is 19.9 Å². The molecular formula is C9H15IN2S. The Balaban J connectivity index is 2.26. The lowest BCUT2D eigenvalue weighted by molar-refractivity contribution is 0.523. The summed E-state index contributed by atoms with van der Waals surface area (Å²) in [6, 6.07) is 2.76. The Labute approximate surface area is 97.3 Å². The molecule has 0 saturated carbocycles. The van der Waals surface area contributed by atoms with E-state index in [0.29, 0.717) is 6.04 Å².